The molecule has 6 nitrogen and oxygen atoms in total. The molecule has 0 aliphatic heterocycles. The molecule has 1 amide bonds. The van der Waals surface area contributed by atoms with Crippen molar-refractivity contribution in [3.63, 3.8) is 0 Å². The summed E-state index contributed by atoms with van der Waals surface area (Å²) in [5.41, 5.74) is 1.74. The summed E-state index contributed by atoms with van der Waals surface area (Å²) >= 11 is 0. The molecule has 0 aliphatic rings. The van der Waals surface area contributed by atoms with Crippen molar-refractivity contribution >= 4 is 17.5 Å². The van der Waals surface area contributed by atoms with Gasteiger partial charge in [-0.1, -0.05) is 0 Å². The number of nitrogens with one attached hydrogen (secondary N) is 2. The molecule has 0 spiro atoms. The van der Waals surface area contributed by atoms with Gasteiger partial charge in [-0.15, -0.1) is 5.10 Å². The lowest BCUT2D eigenvalue weighted by molar-refractivity contribution is -0.122. The van der Waals surface area contributed by atoms with E-state index in [1.165, 1.54) is 0 Å². The summed E-state index contributed by atoms with van der Waals surface area (Å²) in [7, 11) is 0. The average Bonchev–Trinajstić information content (AvgIpc) is 2.68. The topological polar surface area (TPSA) is 71.3 Å². The molecule has 108 valence electrons. The fourth-order valence-corrected chi connectivity index (χ4v) is 1.83. The van der Waals surface area contributed by atoms with E-state index in [4.69, 9.17) is 0 Å². The number of anilines is 1. The van der Waals surface area contributed by atoms with Crippen LogP contribution >= 0.6 is 0 Å². The number of amides is 1. The smallest absolute Gasteiger partial charge is 0.243 e. The summed E-state index contributed by atoms with van der Waals surface area (Å²) in [6.45, 7) is 8.41. The molecule has 2 aromatic heterocycles. The molecule has 0 bridgehead atoms. The summed E-state index contributed by atoms with van der Waals surface area (Å²) < 4.78 is 1.71. The predicted octanol–water partition coefficient (Wildman–Crippen LogP) is 1.75. The molecule has 0 atom stereocenters. The first kappa shape index (κ1) is 14.3. The molecule has 20 heavy (non-hydrogen) atoms. The number of aryl methyl sites for hydroxylation is 1. The summed E-state index contributed by atoms with van der Waals surface area (Å²) in [6.07, 6.45) is 2.26. The van der Waals surface area contributed by atoms with Crippen LogP contribution in [0.5, 0.6) is 0 Å². The molecule has 2 N–H and O–H groups in total. The number of hydrogen-bond acceptors (Lipinski definition) is 4. The second kappa shape index (κ2) is 5.48. The Kier molecular flexibility index (Phi) is 3.92. The Balaban J connectivity index is 1.88. The molecule has 0 aromatic carbocycles. The van der Waals surface area contributed by atoms with Crippen LogP contribution in [0.25, 0.3) is 5.65 Å². The van der Waals surface area contributed by atoms with Gasteiger partial charge in [0.15, 0.2) is 5.65 Å². The minimum Gasteiger partial charge on any atom is -0.352 e. The normalized spacial score (nSPS) is 11.6. The van der Waals surface area contributed by atoms with Gasteiger partial charge in [-0.3, -0.25) is 4.79 Å². The Morgan fingerprint density at radius 1 is 1.40 bits per heavy atom. The Hall–Kier alpha value is -2.11. The van der Waals surface area contributed by atoms with Gasteiger partial charge in [0.25, 0.3) is 0 Å². The quantitative estimate of drug-likeness (QED) is 0.892. The molecular weight excluding hydrogens is 254 g/mol. The number of fused-ring (bicyclic) bond motifs is 1. The molecule has 0 fully saturated rings. The van der Waals surface area contributed by atoms with Gasteiger partial charge in [-0.2, -0.15) is 4.98 Å². The summed E-state index contributed by atoms with van der Waals surface area (Å²) in [4.78, 5) is 16.0. The zero-order valence-corrected chi connectivity index (χ0v) is 12.4. The molecular formula is C14H21N5O. The molecule has 2 rings (SSSR count). The Morgan fingerprint density at radius 2 is 2.15 bits per heavy atom. The van der Waals surface area contributed by atoms with Gasteiger partial charge in [0.2, 0.25) is 11.9 Å². The minimum absolute atomic E-state index is 0.0182. The summed E-state index contributed by atoms with van der Waals surface area (Å²) in [5, 5.41) is 10.3. The first-order chi connectivity index (χ1) is 9.33. The van der Waals surface area contributed by atoms with Crippen molar-refractivity contribution in [1.29, 1.82) is 0 Å². The van der Waals surface area contributed by atoms with Crippen molar-refractivity contribution in [2.24, 2.45) is 0 Å². The fourth-order valence-electron chi connectivity index (χ4n) is 1.83. The fraction of sp³-hybridized carbons (Fsp3) is 0.500. The van der Waals surface area contributed by atoms with Crippen molar-refractivity contribution in [2.75, 3.05) is 11.9 Å². The summed E-state index contributed by atoms with van der Waals surface area (Å²) in [5.74, 6) is 0.559. The standard InChI is InChI=1S/C14H21N5O/c1-10-6-8-19-11(9-10)16-13(18-19)15-7-5-12(20)17-14(2,3)4/h6,8-9H,5,7H2,1-4H3,(H,15,18)(H,17,20). The lowest BCUT2D eigenvalue weighted by atomic mass is 10.1. The van der Waals surface area contributed by atoms with Crippen molar-refractivity contribution in [1.82, 2.24) is 19.9 Å². The molecule has 0 aliphatic carbocycles. The lowest BCUT2D eigenvalue weighted by Gasteiger charge is -2.20. The van der Waals surface area contributed by atoms with E-state index < -0.39 is 0 Å². The molecule has 0 radical (unpaired) electrons. The van der Waals surface area contributed by atoms with E-state index in [9.17, 15) is 4.79 Å². The number of pyridine rings is 1. The monoisotopic (exact) mass is 275 g/mol. The van der Waals surface area contributed by atoms with Crippen LogP contribution < -0.4 is 10.6 Å². The SMILES string of the molecule is Cc1ccn2nc(NCCC(=O)NC(C)(C)C)nc2c1. The number of carbonyl (C=O) groups excluding carboxylic acids is 1. The highest BCUT2D eigenvalue weighted by Gasteiger charge is 2.13. The molecule has 6 heteroatoms. The number of nitrogens with zero attached hydrogens (tertiary/aromatic N) is 3. The molecule has 0 saturated heterocycles. The highest BCUT2D eigenvalue weighted by Crippen LogP contribution is 2.07. The lowest BCUT2D eigenvalue weighted by Crippen LogP contribution is -2.41. The average molecular weight is 275 g/mol. The third kappa shape index (κ3) is 3.94. The van der Waals surface area contributed by atoms with Crippen LogP contribution in [0.2, 0.25) is 0 Å². The van der Waals surface area contributed by atoms with Crippen LogP contribution in [-0.2, 0) is 4.79 Å². The maximum absolute atomic E-state index is 11.7. The van der Waals surface area contributed by atoms with Gasteiger partial charge in [-0.25, -0.2) is 4.52 Å². The van der Waals surface area contributed by atoms with Gasteiger partial charge < -0.3 is 10.6 Å². The van der Waals surface area contributed by atoms with E-state index in [2.05, 4.69) is 20.7 Å². The second-order valence-electron chi connectivity index (χ2n) is 5.92. The highest BCUT2D eigenvalue weighted by molar-refractivity contribution is 5.77. The predicted molar refractivity (Wildman–Crippen MR) is 78.7 cm³/mol. The molecule has 0 unspecified atom stereocenters. The number of hydrogen-bond donors (Lipinski definition) is 2. The third-order valence-electron chi connectivity index (χ3n) is 2.64. The van der Waals surface area contributed by atoms with E-state index in [1.54, 1.807) is 4.52 Å². The van der Waals surface area contributed by atoms with Gasteiger partial charge in [0.1, 0.15) is 0 Å². The Labute approximate surface area is 118 Å². The first-order valence-corrected chi connectivity index (χ1v) is 6.71. The van der Waals surface area contributed by atoms with Crippen LogP contribution in [-0.4, -0.2) is 32.6 Å². The zero-order valence-electron chi connectivity index (χ0n) is 12.4. The molecule has 0 saturated carbocycles. The van der Waals surface area contributed by atoms with Gasteiger partial charge >= 0.3 is 0 Å². The molecule has 2 aromatic rings. The van der Waals surface area contributed by atoms with Crippen molar-refractivity contribution in [3.05, 3.63) is 23.9 Å². The van der Waals surface area contributed by atoms with E-state index in [1.807, 2.05) is 46.0 Å². The first-order valence-electron chi connectivity index (χ1n) is 6.71. The Bertz CT molecular complexity index is 612. The Morgan fingerprint density at radius 3 is 2.85 bits per heavy atom. The number of aromatic nitrogens is 3. The van der Waals surface area contributed by atoms with E-state index in [-0.39, 0.29) is 11.4 Å². The maximum Gasteiger partial charge on any atom is 0.243 e. The van der Waals surface area contributed by atoms with Gasteiger partial charge in [0, 0.05) is 24.7 Å². The summed E-state index contributed by atoms with van der Waals surface area (Å²) in [6, 6.07) is 3.94. The number of rotatable bonds is 4. The highest BCUT2D eigenvalue weighted by atomic mass is 16.1. The van der Waals surface area contributed by atoms with Gasteiger partial charge in [-0.05, 0) is 45.4 Å². The van der Waals surface area contributed by atoms with E-state index in [0.29, 0.717) is 18.9 Å². The minimum atomic E-state index is -0.198. The zero-order chi connectivity index (χ0) is 14.8. The van der Waals surface area contributed by atoms with Crippen molar-refractivity contribution in [3.8, 4) is 0 Å². The van der Waals surface area contributed by atoms with Crippen LogP contribution in [0.4, 0.5) is 5.95 Å². The van der Waals surface area contributed by atoms with Crippen LogP contribution in [0.15, 0.2) is 18.3 Å². The van der Waals surface area contributed by atoms with E-state index >= 15 is 0 Å². The van der Waals surface area contributed by atoms with Crippen molar-refractivity contribution in [2.45, 2.75) is 39.7 Å². The third-order valence-corrected chi connectivity index (χ3v) is 2.64. The van der Waals surface area contributed by atoms with Crippen LogP contribution in [0.3, 0.4) is 0 Å². The van der Waals surface area contributed by atoms with Crippen LogP contribution in [0, 0.1) is 6.92 Å². The second-order valence-corrected chi connectivity index (χ2v) is 5.92. The van der Waals surface area contributed by atoms with Crippen LogP contribution in [0.1, 0.15) is 32.8 Å². The van der Waals surface area contributed by atoms with Crippen molar-refractivity contribution < 1.29 is 4.79 Å². The largest absolute Gasteiger partial charge is 0.352 e. The number of carbonyl (C=O) groups is 1. The molecule has 2 heterocycles. The van der Waals surface area contributed by atoms with Gasteiger partial charge in [0.05, 0.1) is 0 Å². The van der Waals surface area contributed by atoms with E-state index in [0.717, 1.165) is 11.2 Å². The maximum atomic E-state index is 11.7.